The summed E-state index contributed by atoms with van der Waals surface area (Å²) in [5.41, 5.74) is 7.97. The third-order valence-electron chi connectivity index (χ3n) is 5.38. The number of nitrogens with one attached hydrogen (secondary N) is 3. The second-order valence-corrected chi connectivity index (χ2v) is 10.2. The van der Waals surface area contributed by atoms with Crippen LogP contribution in [0.5, 0.6) is 11.6 Å². The molecule has 0 saturated carbocycles. The van der Waals surface area contributed by atoms with Gasteiger partial charge in [-0.3, -0.25) is 10.1 Å². The Hall–Kier alpha value is -4.71. The van der Waals surface area contributed by atoms with Gasteiger partial charge in [-0.2, -0.15) is 4.98 Å². The van der Waals surface area contributed by atoms with Crippen LogP contribution in [0.2, 0.25) is 0 Å². The predicted molar refractivity (Wildman–Crippen MR) is 154 cm³/mol. The number of para-hydroxylation sites is 1. The van der Waals surface area contributed by atoms with E-state index in [-0.39, 0.29) is 22.5 Å². The van der Waals surface area contributed by atoms with Crippen LogP contribution in [0.4, 0.5) is 16.2 Å². The number of amides is 2. The lowest BCUT2D eigenvalue weighted by molar-refractivity contribution is 0.256. The Labute approximate surface area is 229 Å². The molecular weight excluding hydrogens is 516 g/mol. The van der Waals surface area contributed by atoms with Crippen molar-refractivity contribution in [1.29, 1.82) is 0 Å². The van der Waals surface area contributed by atoms with Crippen LogP contribution in [0.3, 0.4) is 0 Å². The van der Waals surface area contributed by atoms with Gasteiger partial charge in [-0.05, 0) is 36.6 Å². The summed E-state index contributed by atoms with van der Waals surface area (Å²) in [6, 6.07) is 14.0. The molecule has 5 N–H and O–H groups in total. The standard InChI is InChI=1S/C27H28N8O3S/c1-27(2,3)20(28)13-21(32-16-8-6-5-7-9-16)34-26(37)33-18-11-10-17(12-19(18)39-4)38-25-23-24(30-15-31-25)35-22(36)14-29-23/h5-15H,28H2,1-4H3,(H,30,31,35,36)(H2,32,33,34,37)/b20-13-. The first-order chi connectivity index (χ1) is 18.6. The third kappa shape index (κ3) is 7.20. The number of allylic oxidation sites excluding steroid dienone is 1. The Morgan fingerprint density at radius 3 is 2.62 bits per heavy atom. The molecule has 4 rings (SSSR count). The number of urea groups is 1. The van der Waals surface area contributed by atoms with E-state index in [9.17, 15) is 9.59 Å². The normalized spacial score (nSPS) is 12.3. The molecule has 0 aliphatic carbocycles. The van der Waals surface area contributed by atoms with Crippen LogP contribution in [-0.2, 0) is 0 Å². The van der Waals surface area contributed by atoms with Gasteiger partial charge in [0.1, 0.15) is 17.9 Å². The maximum atomic E-state index is 13.0. The summed E-state index contributed by atoms with van der Waals surface area (Å²) >= 11 is 1.42. The predicted octanol–water partition coefficient (Wildman–Crippen LogP) is 4.97. The molecule has 0 bridgehead atoms. The molecule has 0 spiro atoms. The number of amidine groups is 1. The number of carbonyl (C=O) groups is 1. The number of fused-ring (bicyclic) bond motifs is 1. The SMILES string of the molecule is CSc1cc(Oc2ncnc3[nH]c(=O)cnc23)ccc1NC(=O)NC(/C=C(\N)C(C)(C)C)=Nc1ccccc1. The van der Waals surface area contributed by atoms with Crippen LogP contribution in [0.15, 0.2) is 87.5 Å². The summed E-state index contributed by atoms with van der Waals surface area (Å²) < 4.78 is 5.92. The van der Waals surface area contributed by atoms with E-state index in [2.05, 4.69) is 35.6 Å². The molecule has 4 aromatic rings. The number of carbonyl (C=O) groups excluding carboxylic acids is 1. The molecule has 12 heteroatoms. The molecule has 0 aliphatic rings. The van der Waals surface area contributed by atoms with Crippen LogP contribution in [0.1, 0.15) is 20.8 Å². The van der Waals surface area contributed by atoms with Crippen molar-refractivity contribution in [2.75, 3.05) is 11.6 Å². The lowest BCUT2D eigenvalue weighted by Gasteiger charge is -2.19. The van der Waals surface area contributed by atoms with Crippen molar-refractivity contribution >= 4 is 46.2 Å². The van der Waals surface area contributed by atoms with E-state index < -0.39 is 6.03 Å². The largest absolute Gasteiger partial charge is 0.437 e. The minimum atomic E-state index is -0.485. The summed E-state index contributed by atoms with van der Waals surface area (Å²) in [5, 5.41) is 5.66. The summed E-state index contributed by atoms with van der Waals surface area (Å²) in [7, 11) is 0. The van der Waals surface area contributed by atoms with E-state index >= 15 is 0 Å². The van der Waals surface area contributed by atoms with Crippen molar-refractivity contribution in [2.24, 2.45) is 16.1 Å². The van der Waals surface area contributed by atoms with Crippen LogP contribution in [0.25, 0.3) is 11.2 Å². The number of hydrogen-bond donors (Lipinski definition) is 4. The van der Waals surface area contributed by atoms with Gasteiger partial charge in [-0.15, -0.1) is 11.8 Å². The number of hydrogen-bond acceptors (Lipinski definition) is 9. The monoisotopic (exact) mass is 544 g/mol. The minimum absolute atomic E-state index is 0.187. The Morgan fingerprint density at radius 1 is 1.13 bits per heavy atom. The van der Waals surface area contributed by atoms with Gasteiger partial charge in [0.2, 0.25) is 0 Å². The van der Waals surface area contributed by atoms with E-state index in [1.165, 1.54) is 18.1 Å². The Balaban J connectivity index is 1.55. The van der Waals surface area contributed by atoms with E-state index in [4.69, 9.17) is 10.5 Å². The fourth-order valence-corrected chi connectivity index (χ4v) is 3.81. The molecule has 0 saturated heterocycles. The fraction of sp³-hybridized carbons (Fsp3) is 0.185. The van der Waals surface area contributed by atoms with Crippen molar-refractivity contribution in [3.8, 4) is 11.6 Å². The lowest BCUT2D eigenvalue weighted by Crippen LogP contribution is -2.34. The first kappa shape index (κ1) is 27.3. The highest BCUT2D eigenvalue weighted by atomic mass is 32.2. The van der Waals surface area contributed by atoms with Crippen LogP contribution < -0.4 is 26.7 Å². The molecule has 2 aromatic heterocycles. The van der Waals surface area contributed by atoms with Crippen LogP contribution in [0, 0.1) is 5.41 Å². The summed E-state index contributed by atoms with van der Waals surface area (Å²) in [5.74, 6) is 0.954. The zero-order valence-electron chi connectivity index (χ0n) is 21.9. The Kier molecular flexibility index (Phi) is 8.25. The lowest BCUT2D eigenvalue weighted by atomic mass is 9.92. The van der Waals surface area contributed by atoms with Crippen molar-refractivity contribution in [2.45, 2.75) is 25.7 Å². The maximum absolute atomic E-state index is 13.0. The van der Waals surface area contributed by atoms with Gasteiger partial charge in [0, 0.05) is 22.1 Å². The zero-order valence-corrected chi connectivity index (χ0v) is 22.7. The van der Waals surface area contributed by atoms with Crippen molar-refractivity contribution < 1.29 is 9.53 Å². The zero-order chi connectivity index (χ0) is 28.0. The van der Waals surface area contributed by atoms with E-state index in [0.29, 0.717) is 34.2 Å². The second kappa shape index (κ2) is 11.8. The molecule has 0 aliphatic heterocycles. The van der Waals surface area contributed by atoms with E-state index in [1.807, 2.05) is 57.4 Å². The van der Waals surface area contributed by atoms with Gasteiger partial charge in [0.25, 0.3) is 11.4 Å². The van der Waals surface area contributed by atoms with Gasteiger partial charge in [-0.1, -0.05) is 39.0 Å². The molecule has 2 heterocycles. The number of nitrogens with two attached hydrogens (primary N) is 1. The van der Waals surface area contributed by atoms with Crippen LogP contribution >= 0.6 is 11.8 Å². The first-order valence-corrected chi connectivity index (χ1v) is 13.1. The number of aromatic nitrogens is 4. The van der Waals surface area contributed by atoms with Crippen molar-refractivity contribution in [3.05, 3.63) is 83.2 Å². The number of ether oxygens (including phenoxy) is 1. The smallest absolute Gasteiger partial charge is 0.324 e. The maximum Gasteiger partial charge on any atom is 0.324 e. The highest BCUT2D eigenvalue weighted by Crippen LogP contribution is 2.32. The summed E-state index contributed by atoms with van der Waals surface area (Å²) in [4.78, 5) is 44.6. The topological polar surface area (TPSA) is 160 Å². The number of benzene rings is 2. The average molecular weight is 545 g/mol. The summed E-state index contributed by atoms with van der Waals surface area (Å²) in [6.45, 7) is 5.94. The summed E-state index contributed by atoms with van der Waals surface area (Å²) in [6.07, 6.45) is 5.95. The highest BCUT2D eigenvalue weighted by Gasteiger charge is 2.16. The molecule has 39 heavy (non-hydrogen) atoms. The molecule has 0 fully saturated rings. The molecule has 2 amide bonds. The van der Waals surface area contributed by atoms with Crippen molar-refractivity contribution in [3.63, 3.8) is 0 Å². The van der Waals surface area contributed by atoms with Gasteiger partial charge in [0.15, 0.2) is 11.2 Å². The van der Waals surface area contributed by atoms with Gasteiger partial charge >= 0.3 is 6.03 Å². The fourth-order valence-electron chi connectivity index (χ4n) is 3.24. The Morgan fingerprint density at radius 2 is 1.90 bits per heavy atom. The first-order valence-electron chi connectivity index (χ1n) is 11.9. The number of nitrogens with zero attached hydrogens (tertiary/aromatic N) is 4. The molecule has 2 aromatic carbocycles. The molecular formula is C27H28N8O3S. The second-order valence-electron chi connectivity index (χ2n) is 9.35. The number of anilines is 1. The molecule has 0 radical (unpaired) electrons. The Bertz CT molecular complexity index is 1610. The van der Waals surface area contributed by atoms with Crippen molar-refractivity contribution in [1.82, 2.24) is 25.3 Å². The molecule has 0 unspecified atom stereocenters. The highest BCUT2D eigenvalue weighted by molar-refractivity contribution is 7.98. The molecule has 200 valence electrons. The minimum Gasteiger partial charge on any atom is -0.437 e. The van der Waals surface area contributed by atoms with E-state index in [0.717, 1.165) is 11.1 Å². The third-order valence-corrected chi connectivity index (χ3v) is 6.16. The van der Waals surface area contributed by atoms with Gasteiger partial charge in [-0.25, -0.2) is 19.8 Å². The number of aromatic amines is 1. The van der Waals surface area contributed by atoms with Gasteiger partial charge in [0.05, 0.1) is 17.6 Å². The number of aliphatic imine (C=N–C) groups is 1. The number of thioether (sulfide) groups is 1. The number of rotatable bonds is 6. The van der Waals surface area contributed by atoms with E-state index in [1.54, 1.807) is 24.3 Å². The molecule has 0 atom stereocenters. The van der Waals surface area contributed by atoms with Gasteiger partial charge < -0.3 is 20.8 Å². The average Bonchev–Trinajstić information content (AvgIpc) is 2.89. The quantitative estimate of drug-likeness (QED) is 0.150. The van der Waals surface area contributed by atoms with Crippen LogP contribution in [-0.4, -0.2) is 38.1 Å². The number of H-pyrrole nitrogens is 1. The molecule has 11 nitrogen and oxygen atoms in total.